The molecule has 1 N–H and O–H groups in total. The number of hydrogen-bond donors (Lipinski definition) is 1. The van der Waals surface area contributed by atoms with Gasteiger partial charge in [0.25, 0.3) is 0 Å². The highest BCUT2D eigenvalue weighted by Gasteiger charge is 2.31. The first kappa shape index (κ1) is 11.5. The van der Waals surface area contributed by atoms with Crippen LogP contribution < -0.4 is 0 Å². The number of nitrogens with zero attached hydrogens (tertiary/aromatic N) is 3. The van der Waals surface area contributed by atoms with Gasteiger partial charge < -0.3 is 14.2 Å². The molecule has 5 heteroatoms. The van der Waals surface area contributed by atoms with Crippen molar-refractivity contribution in [2.45, 2.75) is 38.8 Å². The van der Waals surface area contributed by atoms with E-state index in [9.17, 15) is 5.11 Å². The smallest absolute Gasteiger partial charge is 0.226 e. The molecule has 0 aliphatic heterocycles. The Bertz CT molecular complexity index is 528. The summed E-state index contributed by atoms with van der Waals surface area (Å²) in [5.74, 6) is 1.79. The molecule has 5 nitrogen and oxygen atoms in total. The summed E-state index contributed by atoms with van der Waals surface area (Å²) in [6.45, 7) is 2.57. The van der Waals surface area contributed by atoms with Gasteiger partial charge in [-0.3, -0.25) is 0 Å². The zero-order valence-electron chi connectivity index (χ0n) is 10.4. The fourth-order valence-corrected chi connectivity index (χ4v) is 2.08. The summed E-state index contributed by atoms with van der Waals surface area (Å²) in [7, 11) is 0. The molecule has 0 spiro atoms. The highest BCUT2D eigenvalue weighted by molar-refractivity contribution is 5.16. The van der Waals surface area contributed by atoms with E-state index in [0.29, 0.717) is 24.2 Å². The van der Waals surface area contributed by atoms with Gasteiger partial charge in [0.2, 0.25) is 5.89 Å². The van der Waals surface area contributed by atoms with Crippen LogP contribution >= 0.6 is 0 Å². The Labute approximate surface area is 105 Å². The fourth-order valence-electron chi connectivity index (χ4n) is 2.08. The summed E-state index contributed by atoms with van der Waals surface area (Å²) in [5.41, 5.74) is 0.983. The first-order valence-corrected chi connectivity index (χ1v) is 6.41. The minimum absolute atomic E-state index is 0.317. The molecule has 0 bridgehead atoms. The molecule has 1 aliphatic carbocycles. The molecule has 2 aromatic heterocycles. The van der Waals surface area contributed by atoms with Crippen molar-refractivity contribution in [2.24, 2.45) is 5.92 Å². The van der Waals surface area contributed by atoms with Gasteiger partial charge >= 0.3 is 0 Å². The topological polar surface area (TPSA) is 64.1 Å². The average Bonchev–Trinajstić information content (AvgIpc) is 2.96. The SMILES string of the molecule is CCc1nc(Cn2ccc(C(O)C3CC3)c2)no1. The number of aliphatic hydroxyl groups excluding tert-OH is 1. The molecule has 1 atom stereocenters. The van der Waals surface area contributed by atoms with E-state index in [-0.39, 0.29) is 6.10 Å². The molecule has 2 aromatic rings. The molecule has 1 unspecified atom stereocenters. The molecule has 0 aromatic carbocycles. The quantitative estimate of drug-likeness (QED) is 0.876. The van der Waals surface area contributed by atoms with Crippen molar-refractivity contribution in [1.29, 1.82) is 0 Å². The van der Waals surface area contributed by atoms with Gasteiger partial charge in [-0.05, 0) is 30.4 Å². The Kier molecular flexibility index (Phi) is 2.91. The summed E-state index contributed by atoms with van der Waals surface area (Å²) >= 11 is 0. The van der Waals surface area contributed by atoms with Crippen LogP contribution in [-0.4, -0.2) is 19.8 Å². The maximum absolute atomic E-state index is 10.0. The van der Waals surface area contributed by atoms with Crippen molar-refractivity contribution in [1.82, 2.24) is 14.7 Å². The maximum atomic E-state index is 10.0. The van der Waals surface area contributed by atoms with Crippen molar-refractivity contribution >= 4 is 0 Å². The van der Waals surface area contributed by atoms with Gasteiger partial charge in [-0.15, -0.1) is 0 Å². The Morgan fingerprint density at radius 1 is 1.56 bits per heavy atom. The monoisotopic (exact) mass is 247 g/mol. The van der Waals surface area contributed by atoms with Crippen LogP contribution in [0.5, 0.6) is 0 Å². The van der Waals surface area contributed by atoms with Crippen molar-refractivity contribution in [3.63, 3.8) is 0 Å². The zero-order chi connectivity index (χ0) is 12.5. The normalized spacial score (nSPS) is 17.0. The largest absolute Gasteiger partial charge is 0.388 e. The molecule has 2 heterocycles. The van der Waals surface area contributed by atoms with Gasteiger partial charge in [0.1, 0.15) is 0 Å². The Hall–Kier alpha value is -1.62. The first-order valence-electron chi connectivity index (χ1n) is 6.41. The van der Waals surface area contributed by atoms with E-state index < -0.39 is 0 Å². The van der Waals surface area contributed by atoms with E-state index >= 15 is 0 Å². The highest BCUT2D eigenvalue weighted by atomic mass is 16.5. The van der Waals surface area contributed by atoms with Crippen molar-refractivity contribution < 1.29 is 9.63 Å². The minimum atomic E-state index is -0.317. The van der Waals surface area contributed by atoms with Gasteiger partial charge in [-0.25, -0.2) is 0 Å². The lowest BCUT2D eigenvalue weighted by Crippen LogP contribution is -2.01. The molecule has 1 fully saturated rings. The Morgan fingerprint density at radius 2 is 2.39 bits per heavy atom. The number of hydrogen-bond acceptors (Lipinski definition) is 4. The summed E-state index contributed by atoms with van der Waals surface area (Å²) in [4.78, 5) is 4.26. The van der Waals surface area contributed by atoms with Gasteiger partial charge in [0, 0.05) is 18.8 Å². The third-order valence-corrected chi connectivity index (χ3v) is 3.32. The van der Waals surface area contributed by atoms with Gasteiger partial charge in [-0.2, -0.15) is 4.98 Å². The van der Waals surface area contributed by atoms with E-state index in [4.69, 9.17) is 4.52 Å². The lowest BCUT2D eigenvalue weighted by atomic mass is 10.1. The number of aryl methyl sites for hydroxylation is 1. The summed E-state index contributed by atoms with van der Waals surface area (Å²) in [6, 6.07) is 1.96. The average molecular weight is 247 g/mol. The predicted molar refractivity (Wildman–Crippen MR) is 64.9 cm³/mol. The lowest BCUT2D eigenvalue weighted by molar-refractivity contribution is 0.154. The molecular weight excluding hydrogens is 230 g/mol. The standard InChI is InChI=1S/C13H17N3O2/c1-2-12-14-11(15-18-12)8-16-6-5-10(7-16)13(17)9-3-4-9/h5-7,9,13,17H,2-4,8H2,1H3. The molecule has 0 amide bonds. The van der Waals surface area contributed by atoms with E-state index in [1.54, 1.807) is 0 Å². The zero-order valence-corrected chi connectivity index (χ0v) is 10.4. The van der Waals surface area contributed by atoms with Crippen molar-refractivity contribution in [2.75, 3.05) is 0 Å². The number of rotatable bonds is 5. The number of aromatic nitrogens is 3. The van der Waals surface area contributed by atoms with Crippen LogP contribution in [0.25, 0.3) is 0 Å². The van der Waals surface area contributed by atoms with E-state index in [2.05, 4.69) is 10.1 Å². The van der Waals surface area contributed by atoms with Crippen molar-refractivity contribution in [3.8, 4) is 0 Å². The van der Waals surface area contributed by atoms with Crippen LogP contribution in [0.3, 0.4) is 0 Å². The van der Waals surface area contributed by atoms with E-state index in [1.807, 2.05) is 30.0 Å². The second-order valence-electron chi connectivity index (χ2n) is 4.86. The van der Waals surface area contributed by atoms with Crippen LogP contribution in [0.15, 0.2) is 23.0 Å². The molecule has 1 saturated carbocycles. The van der Waals surface area contributed by atoms with Crippen LogP contribution in [0, 0.1) is 5.92 Å². The highest BCUT2D eigenvalue weighted by Crippen LogP contribution is 2.40. The Morgan fingerprint density at radius 3 is 3.06 bits per heavy atom. The molecule has 18 heavy (non-hydrogen) atoms. The Balaban J connectivity index is 1.69. The second-order valence-corrected chi connectivity index (χ2v) is 4.86. The van der Waals surface area contributed by atoms with Crippen LogP contribution in [0.1, 0.15) is 43.1 Å². The van der Waals surface area contributed by atoms with Crippen LogP contribution in [0.4, 0.5) is 0 Å². The predicted octanol–water partition coefficient (Wildman–Crippen LogP) is 1.93. The third kappa shape index (κ3) is 2.31. The third-order valence-electron chi connectivity index (χ3n) is 3.32. The summed E-state index contributed by atoms with van der Waals surface area (Å²) < 4.78 is 7.04. The fraction of sp³-hybridized carbons (Fsp3) is 0.538. The summed E-state index contributed by atoms with van der Waals surface area (Å²) in [5, 5.41) is 13.9. The van der Waals surface area contributed by atoms with E-state index in [0.717, 1.165) is 24.8 Å². The van der Waals surface area contributed by atoms with E-state index in [1.165, 1.54) is 0 Å². The first-order chi connectivity index (χ1) is 8.76. The molecule has 3 rings (SSSR count). The molecule has 0 radical (unpaired) electrons. The van der Waals surface area contributed by atoms with Crippen molar-refractivity contribution in [3.05, 3.63) is 35.7 Å². The second kappa shape index (κ2) is 4.57. The van der Waals surface area contributed by atoms with Gasteiger partial charge in [0.05, 0.1) is 12.6 Å². The molecule has 96 valence electrons. The maximum Gasteiger partial charge on any atom is 0.226 e. The molecule has 1 aliphatic rings. The summed E-state index contributed by atoms with van der Waals surface area (Å²) in [6.07, 6.45) is 6.62. The number of aliphatic hydroxyl groups is 1. The van der Waals surface area contributed by atoms with Crippen LogP contribution in [-0.2, 0) is 13.0 Å². The van der Waals surface area contributed by atoms with Crippen LogP contribution in [0.2, 0.25) is 0 Å². The lowest BCUT2D eigenvalue weighted by Gasteiger charge is -2.05. The van der Waals surface area contributed by atoms with Gasteiger partial charge in [0.15, 0.2) is 5.82 Å². The minimum Gasteiger partial charge on any atom is -0.388 e. The molecular formula is C13H17N3O2. The molecule has 0 saturated heterocycles. The van der Waals surface area contributed by atoms with Gasteiger partial charge in [-0.1, -0.05) is 12.1 Å².